The van der Waals surface area contributed by atoms with Gasteiger partial charge in [-0.15, -0.1) is 0 Å². The number of ether oxygens (including phenoxy) is 1. The molecule has 2 aromatic rings. The average Bonchev–Trinajstić information content (AvgIpc) is 2.81. The minimum atomic E-state index is 0.106. The van der Waals surface area contributed by atoms with Crippen LogP contribution in [-0.2, 0) is 13.2 Å². The van der Waals surface area contributed by atoms with Crippen molar-refractivity contribution < 1.29 is 9.15 Å². The SMILES string of the molecule is CC(C)(C)NCc1coc(COc2cccc(I)c2)c1. The molecule has 108 valence electrons. The molecule has 1 N–H and O–H groups in total. The molecular formula is C16H20INO2. The van der Waals surface area contributed by atoms with E-state index in [-0.39, 0.29) is 5.54 Å². The first-order chi connectivity index (χ1) is 9.42. The van der Waals surface area contributed by atoms with Gasteiger partial charge >= 0.3 is 0 Å². The van der Waals surface area contributed by atoms with E-state index >= 15 is 0 Å². The molecule has 0 aliphatic rings. The van der Waals surface area contributed by atoms with E-state index in [1.165, 1.54) is 0 Å². The highest BCUT2D eigenvalue weighted by Gasteiger charge is 2.10. The summed E-state index contributed by atoms with van der Waals surface area (Å²) in [5.74, 6) is 1.71. The highest BCUT2D eigenvalue weighted by Crippen LogP contribution is 2.17. The van der Waals surface area contributed by atoms with Crippen LogP contribution < -0.4 is 10.1 Å². The Morgan fingerprint density at radius 2 is 2.05 bits per heavy atom. The van der Waals surface area contributed by atoms with Gasteiger partial charge in [-0.25, -0.2) is 0 Å². The van der Waals surface area contributed by atoms with Crippen LogP contribution in [0.4, 0.5) is 0 Å². The summed E-state index contributed by atoms with van der Waals surface area (Å²) in [6.45, 7) is 7.70. The predicted octanol–water partition coefficient (Wildman–Crippen LogP) is 4.35. The molecule has 0 bridgehead atoms. The Hall–Kier alpha value is -1.01. The summed E-state index contributed by atoms with van der Waals surface area (Å²) in [5.41, 5.74) is 1.25. The summed E-state index contributed by atoms with van der Waals surface area (Å²) in [5, 5.41) is 3.43. The van der Waals surface area contributed by atoms with Crippen molar-refractivity contribution in [3.63, 3.8) is 0 Å². The average molecular weight is 385 g/mol. The Balaban J connectivity index is 1.87. The fraction of sp³-hybridized carbons (Fsp3) is 0.375. The molecule has 0 aliphatic heterocycles. The normalized spacial score (nSPS) is 11.6. The summed E-state index contributed by atoms with van der Waals surface area (Å²) in [6.07, 6.45) is 1.78. The van der Waals surface area contributed by atoms with Crippen LogP contribution in [0.1, 0.15) is 32.1 Å². The van der Waals surface area contributed by atoms with Crippen LogP contribution in [0.3, 0.4) is 0 Å². The van der Waals surface area contributed by atoms with Gasteiger partial charge in [0.2, 0.25) is 0 Å². The third-order valence-electron chi connectivity index (χ3n) is 2.71. The summed E-state index contributed by atoms with van der Waals surface area (Å²) in [7, 11) is 0. The Bertz CT molecular complexity index is 558. The lowest BCUT2D eigenvalue weighted by Gasteiger charge is -2.19. The second-order valence-corrected chi connectivity index (χ2v) is 7.02. The van der Waals surface area contributed by atoms with E-state index in [1.807, 2.05) is 30.3 Å². The van der Waals surface area contributed by atoms with E-state index in [1.54, 1.807) is 6.26 Å². The molecule has 3 nitrogen and oxygen atoms in total. The topological polar surface area (TPSA) is 34.4 Å². The lowest BCUT2D eigenvalue weighted by molar-refractivity contribution is 0.270. The van der Waals surface area contributed by atoms with E-state index in [9.17, 15) is 0 Å². The van der Waals surface area contributed by atoms with Gasteiger partial charge in [-0.3, -0.25) is 0 Å². The minimum Gasteiger partial charge on any atom is -0.486 e. The van der Waals surface area contributed by atoms with Crippen LogP contribution in [0, 0.1) is 3.57 Å². The standard InChI is InChI=1S/C16H20INO2/c1-16(2,3)18-9-12-7-15(19-10-12)11-20-14-6-4-5-13(17)8-14/h4-8,10,18H,9,11H2,1-3H3. The van der Waals surface area contributed by atoms with E-state index in [0.717, 1.165) is 27.2 Å². The zero-order valence-corrected chi connectivity index (χ0v) is 14.2. The molecule has 0 saturated carbocycles. The van der Waals surface area contributed by atoms with Gasteiger partial charge in [0.05, 0.1) is 6.26 Å². The Kier molecular flexibility index (Phi) is 5.10. The lowest BCUT2D eigenvalue weighted by Crippen LogP contribution is -2.34. The van der Waals surface area contributed by atoms with E-state index in [0.29, 0.717) is 6.61 Å². The molecule has 4 heteroatoms. The highest BCUT2D eigenvalue weighted by molar-refractivity contribution is 14.1. The van der Waals surface area contributed by atoms with Crippen molar-refractivity contribution in [2.24, 2.45) is 0 Å². The zero-order valence-electron chi connectivity index (χ0n) is 12.1. The number of nitrogens with one attached hydrogen (secondary N) is 1. The van der Waals surface area contributed by atoms with Crippen molar-refractivity contribution in [2.45, 2.75) is 39.5 Å². The fourth-order valence-corrected chi connectivity index (χ4v) is 2.19. The third kappa shape index (κ3) is 5.17. The van der Waals surface area contributed by atoms with Crippen LogP contribution in [0.2, 0.25) is 0 Å². The van der Waals surface area contributed by atoms with Crippen molar-refractivity contribution in [1.29, 1.82) is 0 Å². The van der Waals surface area contributed by atoms with E-state index in [4.69, 9.17) is 9.15 Å². The first-order valence-electron chi connectivity index (χ1n) is 6.62. The molecule has 0 radical (unpaired) electrons. The van der Waals surface area contributed by atoms with Gasteiger partial charge < -0.3 is 14.5 Å². The molecule has 0 atom stereocenters. The molecule has 20 heavy (non-hydrogen) atoms. The molecule has 1 aromatic heterocycles. The summed E-state index contributed by atoms with van der Waals surface area (Å²) >= 11 is 2.27. The van der Waals surface area contributed by atoms with Gasteiger partial charge in [-0.1, -0.05) is 6.07 Å². The molecule has 0 fully saturated rings. The van der Waals surface area contributed by atoms with Crippen LogP contribution in [0.15, 0.2) is 41.0 Å². The van der Waals surface area contributed by atoms with Crippen LogP contribution >= 0.6 is 22.6 Å². The molecule has 2 rings (SSSR count). The quantitative estimate of drug-likeness (QED) is 0.778. The molecular weight excluding hydrogens is 365 g/mol. The Morgan fingerprint density at radius 1 is 1.25 bits per heavy atom. The number of rotatable bonds is 5. The van der Waals surface area contributed by atoms with Crippen molar-refractivity contribution in [2.75, 3.05) is 0 Å². The maximum Gasteiger partial charge on any atom is 0.146 e. The fourth-order valence-electron chi connectivity index (χ4n) is 1.67. The van der Waals surface area contributed by atoms with Crippen molar-refractivity contribution >= 4 is 22.6 Å². The smallest absolute Gasteiger partial charge is 0.146 e. The maximum atomic E-state index is 5.71. The van der Waals surface area contributed by atoms with Gasteiger partial charge in [-0.05, 0) is 67.6 Å². The molecule has 0 saturated heterocycles. The van der Waals surface area contributed by atoms with Crippen molar-refractivity contribution in [1.82, 2.24) is 5.32 Å². The second kappa shape index (κ2) is 6.63. The molecule has 1 heterocycles. The summed E-state index contributed by atoms with van der Waals surface area (Å²) in [6, 6.07) is 10.0. The lowest BCUT2D eigenvalue weighted by atomic mass is 10.1. The maximum absolute atomic E-state index is 5.71. The van der Waals surface area contributed by atoms with Gasteiger partial charge in [0.1, 0.15) is 18.1 Å². The van der Waals surface area contributed by atoms with Crippen LogP contribution in [-0.4, -0.2) is 5.54 Å². The number of halogens is 1. The largest absolute Gasteiger partial charge is 0.486 e. The number of furan rings is 1. The molecule has 0 unspecified atom stereocenters. The van der Waals surface area contributed by atoms with Gasteiger partial charge in [0.25, 0.3) is 0 Å². The number of hydrogen-bond acceptors (Lipinski definition) is 3. The first kappa shape index (κ1) is 15.4. The van der Waals surface area contributed by atoms with E-state index in [2.05, 4.69) is 48.7 Å². The summed E-state index contributed by atoms with van der Waals surface area (Å²) < 4.78 is 12.4. The Morgan fingerprint density at radius 3 is 2.75 bits per heavy atom. The molecule has 0 spiro atoms. The molecule has 0 amide bonds. The van der Waals surface area contributed by atoms with Crippen LogP contribution in [0.5, 0.6) is 5.75 Å². The van der Waals surface area contributed by atoms with Crippen molar-refractivity contribution in [3.05, 3.63) is 51.5 Å². The third-order valence-corrected chi connectivity index (χ3v) is 3.38. The Labute approximate surface area is 133 Å². The monoisotopic (exact) mass is 385 g/mol. The van der Waals surface area contributed by atoms with E-state index < -0.39 is 0 Å². The minimum absolute atomic E-state index is 0.106. The van der Waals surface area contributed by atoms with Crippen LogP contribution in [0.25, 0.3) is 0 Å². The number of hydrogen-bond donors (Lipinski definition) is 1. The molecule has 0 aliphatic carbocycles. The second-order valence-electron chi connectivity index (χ2n) is 5.77. The number of benzene rings is 1. The van der Waals surface area contributed by atoms with Gasteiger partial charge in [0, 0.05) is 21.2 Å². The van der Waals surface area contributed by atoms with Gasteiger partial charge in [0.15, 0.2) is 0 Å². The predicted molar refractivity (Wildman–Crippen MR) is 88.8 cm³/mol. The zero-order chi connectivity index (χ0) is 14.6. The molecule has 1 aromatic carbocycles. The van der Waals surface area contributed by atoms with Crippen molar-refractivity contribution in [3.8, 4) is 5.75 Å². The first-order valence-corrected chi connectivity index (χ1v) is 7.70. The van der Waals surface area contributed by atoms with Gasteiger partial charge in [-0.2, -0.15) is 0 Å². The summed E-state index contributed by atoms with van der Waals surface area (Å²) in [4.78, 5) is 0. The highest BCUT2D eigenvalue weighted by atomic mass is 127.